The van der Waals surface area contributed by atoms with E-state index in [4.69, 9.17) is 0 Å². The van der Waals surface area contributed by atoms with Gasteiger partial charge in [0.2, 0.25) is 0 Å². The molecule has 0 saturated heterocycles. The number of hydrogen-bond acceptors (Lipinski definition) is 2. The first kappa shape index (κ1) is 18.9. The van der Waals surface area contributed by atoms with Crippen LogP contribution in [0.4, 0.5) is 0 Å². The van der Waals surface area contributed by atoms with Crippen LogP contribution < -0.4 is 0 Å². The highest BCUT2D eigenvalue weighted by molar-refractivity contribution is 5.23. The predicted octanol–water partition coefficient (Wildman–Crippen LogP) is 4.70. The van der Waals surface area contributed by atoms with Gasteiger partial charge < -0.3 is 10.2 Å². The molecule has 0 spiro atoms. The van der Waals surface area contributed by atoms with E-state index in [1.807, 2.05) is 0 Å². The summed E-state index contributed by atoms with van der Waals surface area (Å²) in [5, 5.41) is 20.7. The minimum Gasteiger partial charge on any atom is -0.389 e. The van der Waals surface area contributed by atoms with E-state index in [1.54, 1.807) is 0 Å². The third-order valence-electron chi connectivity index (χ3n) is 4.37. The zero-order chi connectivity index (χ0) is 16.7. The van der Waals surface area contributed by atoms with E-state index < -0.39 is 12.2 Å². The summed E-state index contributed by atoms with van der Waals surface area (Å²) >= 11 is 0. The number of rotatable bonds is 1. The zero-order valence-corrected chi connectivity index (χ0v) is 14.6. The fraction of sp³-hybridized carbons (Fsp3) is 0.600. The van der Waals surface area contributed by atoms with Crippen molar-refractivity contribution in [3.63, 3.8) is 0 Å². The molecule has 2 heteroatoms. The smallest absolute Gasteiger partial charge is 0.0792 e. The van der Waals surface area contributed by atoms with Crippen LogP contribution in [0.1, 0.15) is 59.8 Å². The van der Waals surface area contributed by atoms with Gasteiger partial charge in [-0.05, 0) is 63.0 Å². The molecule has 2 nitrogen and oxygen atoms in total. The molecule has 0 unspecified atom stereocenters. The molecule has 0 saturated carbocycles. The maximum Gasteiger partial charge on any atom is 0.0792 e. The zero-order valence-electron chi connectivity index (χ0n) is 14.6. The Hall–Kier alpha value is -1.12. The van der Waals surface area contributed by atoms with Crippen LogP contribution in [0.5, 0.6) is 0 Å². The maximum atomic E-state index is 10.5. The molecule has 2 N–H and O–H groups in total. The van der Waals surface area contributed by atoms with Gasteiger partial charge in [0.25, 0.3) is 0 Å². The van der Waals surface area contributed by atoms with E-state index in [1.165, 1.54) is 11.1 Å². The molecular formula is C20H32O2. The Bertz CT molecular complexity index is 466. The van der Waals surface area contributed by atoms with E-state index in [9.17, 15) is 10.2 Å². The summed E-state index contributed by atoms with van der Waals surface area (Å²) in [7, 11) is 0. The minimum atomic E-state index is -0.419. The van der Waals surface area contributed by atoms with Crippen molar-refractivity contribution >= 4 is 0 Å². The lowest BCUT2D eigenvalue weighted by molar-refractivity contribution is 0.196. The fourth-order valence-electron chi connectivity index (χ4n) is 2.76. The van der Waals surface area contributed by atoms with Crippen LogP contribution in [0.15, 0.2) is 47.1 Å². The molecule has 0 aliphatic heterocycles. The van der Waals surface area contributed by atoms with E-state index in [2.05, 4.69) is 52.5 Å². The number of aliphatic hydroxyl groups is 2. The Morgan fingerprint density at radius 2 is 1.73 bits per heavy atom. The van der Waals surface area contributed by atoms with Gasteiger partial charge in [-0.1, -0.05) is 49.8 Å². The summed E-state index contributed by atoms with van der Waals surface area (Å²) in [4.78, 5) is 0. The van der Waals surface area contributed by atoms with Crippen LogP contribution in [0.25, 0.3) is 0 Å². The SMILES string of the molecule is C=C1CC/C=C(\C)C[C@H](O)/C(C(C)C)=C\C=C(/C)CC[C@@H]1O. The first-order chi connectivity index (χ1) is 10.3. The van der Waals surface area contributed by atoms with Gasteiger partial charge in [-0.3, -0.25) is 0 Å². The third kappa shape index (κ3) is 6.33. The second-order valence-electron chi connectivity index (χ2n) is 6.86. The Kier molecular flexibility index (Phi) is 7.84. The van der Waals surface area contributed by atoms with Crippen LogP contribution in [0.2, 0.25) is 0 Å². The standard InChI is InChI=1S/C20H32O2/c1-14(2)18-11-9-15(3)10-12-19(21)17(5)8-6-7-16(4)13-20(18)22/h7,9,11,14,19-22H,5-6,8,10,12-13H2,1-4H3/b15-9+,16-7+,18-11-/t19-,20-/m0/s1. The molecule has 124 valence electrons. The molecule has 1 aliphatic rings. The Morgan fingerprint density at radius 3 is 2.36 bits per heavy atom. The van der Waals surface area contributed by atoms with Crippen molar-refractivity contribution < 1.29 is 10.2 Å². The molecule has 0 bridgehead atoms. The van der Waals surface area contributed by atoms with Gasteiger partial charge in [0.1, 0.15) is 0 Å². The highest BCUT2D eigenvalue weighted by Crippen LogP contribution is 2.23. The van der Waals surface area contributed by atoms with Gasteiger partial charge in [-0.25, -0.2) is 0 Å². The van der Waals surface area contributed by atoms with Gasteiger partial charge in [-0.15, -0.1) is 0 Å². The number of hydrogen-bond donors (Lipinski definition) is 2. The summed E-state index contributed by atoms with van der Waals surface area (Å²) in [5.74, 6) is 0.324. The van der Waals surface area contributed by atoms with Crippen molar-refractivity contribution in [2.45, 2.75) is 72.0 Å². The van der Waals surface area contributed by atoms with Crippen LogP contribution in [-0.2, 0) is 0 Å². The summed E-state index contributed by atoms with van der Waals surface area (Å²) < 4.78 is 0. The molecule has 0 aromatic heterocycles. The lowest BCUT2D eigenvalue weighted by Crippen LogP contribution is -2.15. The van der Waals surface area contributed by atoms with Crippen LogP contribution in [-0.4, -0.2) is 22.4 Å². The average molecular weight is 304 g/mol. The van der Waals surface area contributed by atoms with E-state index in [0.717, 1.165) is 36.8 Å². The van der Waals surface area contributed by atoms with Gasteiger partial charge in [0.05, 0.1) is 12.2 Å². The molecule has 0 fully saturated rings. The minimum absolute atomic E-state index is 0.324. The van der Waals surface area contributed by atoms with Crippen LogP contribution in [0.3, 0.4) is 0 Å². The molecule has 1 rings (SSSR count). The quantitative estimate of drug-likeness (QED) is 0.689. The first-order valence-corrected chi connectivity index (χ1v) is 8.38. The second-order valence-corrected chi connectivity index (χ2v) is 6.86. The molecule has 0 radical (unpaired) electrons. The summed E-state index contributed by atoms with van der Waals surface area (Å²) in [6, 6.07) is 0. The largest absolute Gasteiger partial charge is 0.389 e. The fourth-order valence-corrected chi connectivity index (χ4v) is 2.76. The van der Waals surface area contributed by atoms with Crippen molar-refractivity contribution in [1.82, 2.24) is 0 Å². The third-order valence-corrected chi connectivity index (χ3v) is 4.37. The molecular weight excluding hydrogens is 272 g/mol. The Labute approximate surface area is 135 Å². The van der Waals surface area contributed by atoms with Crippen molar-refractivity contribution in [3.05, 3.63) is 47.1 Å². The molecule has 0 heterocycles. The molecule has 2 atom stereocenters. The van der Waals surface area contributed by atoms with Crippen LogP contribution >= 0.6 is 0 Å². The van der Waals surface area contributed by atoms with Crippen LogP contribution in [0, 0.1) is 5.92 Å². The molecule has 1 aliphatic carbocycles. The Morgan fingerprint density at radius 1 is 1.05 bits per heavy atom. The second kappa shape index (κ2) is 9.12. The number of allylic oxidation sites excluding steroid dienone is 4. The summed E-state index contributed by atoms with van der Waals surface area (Å²) in [6.45, 7) is 12.4. The normalized spacial score (nSPS) is 33.2. The van der Waals surface area contributed by atoms with Crippen molar-refractivity contribution in [2.75, 3.05) is 0 Å². The monoisotopic (exact) mass is 304 g/mol. The van der Waals surface area contributed by atoms with Gasteiger partial charge in [0, 0.05) is 0 Å². The van der Waals surface area contributed by atoms with Gasteiger partial charge >= 0.3 is 0 Å². The topological polar surface area (TPSA) is 40.5 Å². The van der Waals surface area contributed by atoms with Crippen molar-refractivity contribution in [3.8, 4) is 0 Å². The lowest BCUT2D eigenvalue weighted by atomic mass is 9.91. The van der Waals surface area contributed by atoms with Crippen molar-refractivity contribution in [1.29, 1.82) is 0 Å². The van der Waals surface area contributed by atoms with E-state index in [-0.39, 0.29) is 0 Å². The van der Waals surface area contributed by atoms with Gasteiger partial charge in [0.15, 0.2) is 0 Å². The van der Waals surface area contributed by atoms with E-state index >= 15 is 0 Å². The number of aliphatic hydroxyl groups excluding tert-OH is 2. The average Bonchev–Trinajstić information content (AvgIpc) is 2.43. The van der Waals surface area contributed by atoms with Crippen molar-refractivity contribution in [2.24, 2.45) is 5.92 Å². The summed E-state index contributed by atoms with van der Waals surface area (Å²) in [6.07, 6.45) is 9.40. The summed E-state index contributed by atoms with van der Waals surface area (Å²) in [5.41, 5.74) is 4.41. The lowest BCUT2D eigenvalue weighted by Gasteiger charge is -2.19. The molecule has 0 aromatic carbocycles. The highest BCUT2D eigenvalue weighted by Gasteiger charge is 2.15. The first-order valence-electron chi connectivity index (χ1n) is 8.38. The molecule has 22 heavy (non-hydrogen) atoms. The Balaban J connectivity index is 3.02. The van der Waals surface area contributed by atoms with Gasteiger partial charge in [-0.2, -0.15) is 0 Å². The molecule has 0 aromatic rings. The molecule has 0 amide bonds. The maximum absolute atomic E-state index is 10.5. The highest BCUT2D eigenvalue weighted by atomic mass is 16.3. The predicted molar refractivity (Wildman–Crippen MR) is 94.7 cm³/mol. The van der Waals surface area contributed by atoms with E-state index in [0.29, 0.717) is 12.3 Å².